The Labute approximate surface area is 222 Å². The second-order valence-electron chi connectivity index (χ2n) is 9.24. The van der Waals surface area contributed by atoms with Crippen LogP contribution < -0.4 is 10.6 Å². The van der Waals surface area contributed by atoms with Gasteiger partial charge in [0.25, 0.3) is 11.8 Å². The average Bonchev–Trinajstić information content (AvgIpc) is 3.21. The van der Waals surface area contributed by atoms with Crippen molar-refractivity contribution in [3.05, 3.63) is 45.8 Å². The number of nitrogens with one attached hydrogen (secondary N) is 2. The van der Waals surface area contributed by atoms with E-state index in [0.717, 1.165) is 17.0 Å². The molecule has 202 valence electrons. The number of nitrogens with zero attached hydrogens (tertiary/aromatic N) is 3. The second-order valence-corrected chi connectivity index (χ2v) is 12.3. The highest BCUT2D eigenvalue weighted by atomic mass is 32.2. The van der Waals surface area contributed by atoms with Crippen LogP contribution in [-0.2, 0) is 23.0 Å². The summed E-state index contributed by atoms with van der Waals surface area (Å²) in [6.45, 7) is 9.85. The van der Waals surface area contributed by atoms with Gasteiger partial charge in [0.2, 0.25) is 10.0 Å². The molecule has 0 unspecified atom stereocenters. The third kappa shape index (κ3) is 6.20. The standard InChI is InChI=1S/C25H35N5O5S2/c1-7-30(8-2)37(34,35)18-11-9-17(10-12-18)22(31)26-24-21(23(32)27-25(33)28(5)6)19-13-14-29(16(3)4)15-20(19)36-24/h9-12,16H,7-8,13-15H2,1-6H3,(H,26,31)(H,27,32,33). The molecule has 0 saturated carbocycles. The molecule has 2 aromatic rings. The van der Waals surface area contributed by atoms with E-state index < -0.39 is 27.9 Å². The molecule has 0 bridgehead atoms. The largest absolute Gasteiger partial charge is 0.331 e. The lowest BCUT2D eigenvalue weighted by Gasteiger charge is -2.30. The number of thiophene rings is 1. The van der Waals surface area contributed by atoms with Gasteiger partial charge in [-0.15, -0.1) is 11.3 Å². The van der Waals surface area contributed by atoms with E-state index in [-0.39, 0.29) is 10.5 Å². The smallest absolute Gasteiger partial charge is 0.323 e. The highest BCUT2D eigenvalue weighted by Crippen LogP contribution is 2.38. The van der Waals surface area contributed by atoms with E-state index in [1.54, 1.807) is 27.9 Å². The summed E-state index contributed by atoms with van der Waals surface area (Å²) in [4.78, 5) is 43.1. The van der Waals surface area contributed by atoms with Crippen LogP contribution in [0.4, 0.5) is 9.80 Å². The van der Waals surface area contributed by atoms with Crippen molar-refractivity contribution >= 4 is 44.2 Å². The zero-order valence-corrected chi connectivity index (χ0v) is 23.8. The van der Waals surface area contributed by atoms with Gasteiger partial charge in [-0.25, -0.2) is 13.2 Å². The summed E-state index contributed by atoms with van der Waals surface area (Å²) < 4.78 is 26.9. The zero-order chi connectivity index (χ0) is 27.5. The van der Waals surface area contributed by atoms with Crippen molar-refractivity contribution < 1.29 is 22.8 Å². The number of urea groups is 1. The lowest BCUT2D eigenvalue weighted by atomic mass is 10.0. The first-order valence-electron chi connectivity index (χ1n) is 12.2. The van der Waals surface area contributed by atoms with Crippen LogP contribution in [-0.4, -0.2) is 80.1 Å². The SMILES string of the molecule is CCN(CC)S(=O)(=O)c1ccc(C(=O)Nc2sc3c(c2C(=O)NC(=O)N(C)C)CCN(C(C)C)C3)cc1. The molecular weight excluding hydrogens is 514 g/mol. The molecule has 2 heterocycles. The Hall–Kier alpha value is -2.80. The van der Waals surface area contributed by atoms with E-state index in [0.29, 0.717) is 42.7 Å². The van der Waals surface area contributed by atoms with Gasteiger partial charge < -0.3 is 10.2 Å². The molecule has 1 aliphatic heterocycles. The van der Waals surface area contributed by atoms with Gasteiger partial charge in [0.1, 0.15) is 5.00 Å². The van der Waals surface area contributed by atoms with Crippen LogP contribution in [0.15, 0.2) is 29.2 Å². The number of rotatable bonds is 8. The predicted octanol–water partition coefficient (Wildman–Crippen LogP) is 3.21. The van der Waals surface area contributed by atoms with Gasteiger partial charge in [0.05, 0.1) is 10.5 Å². The molecule has 0 spiro atoms. The monoisotopic (exact) mass is 549 g/mol. The van der Waals surface area contributed by atoms with Crippen molar-refractivity contribution in [2.24, 2.45) is 0 Å². The summed E-state index contributed by atoms with van der Waals surface area (Å²) in [6.07, 6.45) is 0.622. The van der Waals surface area contributed by atoms with Crippen molar-refractivity contribution in [2.45, 2.75) is 51.6 Å². The van der Waals surface area contributed by atoms with Crippen molar-refractivity contribution in [1.29, 1.82) is 0 Å². The molecular formula is C25H35N5O5S2. The molecule has 1 aromatic heterocycles. The van der Waals surface area contributed by atoms with Crippen LogP contribution in [0.1, 0.15) is 58.9 Å². The van der Waals surface area contributed by atoms with Crippen LogP contribution in [0.2, 0.25) is 0 Å². The first-order chi connectivity index (χ1) is 17.4. The topological polar surface area (TPSA) is 119 Å². The number of imide groups is 1. The first kappa shape index (κ1) is 28.8. The number of benzene rings is 1. The summed E-state index contributed by atoms with van der Waals surface area (Å²) in [5.41, 5.74) is 1.39. The van der Waals surface area contributed by atoms with Crippen molar-refractivity contribution in [2.75, 3.05) is 39.0 Å². The minimum atomic E-state index is -3.64. The number of carbonyl (C=O) groups excluding carboxylic acids is 3. The van der Waals surface area contributed by atoms with E-state index in [9.17, 15) is 22.8 Å². The number of carbonyl (C=O) groups is 3. The van der Waals surface area contributed by atoms with Gasteiger partial charge in [0.15, 0.2) is 0 Å². The summed E-state index contributed by atoms with van der Waals surface area (Å²) >= 11 is 1.33. The maximum Gasteiger partial charge on any atom is 0.323 e. The number of anilines is 1. The second kappa shape index (κ2) is 11.7. The molecule has 10 nitrogen and oxygen atoms in total. The van der Waals surface area contributed by atoms with E-state index in [2.05, 4.69) is 29.4 Å². The molecule has 0 saturated heterocycles. The maximum absolute atomic E-state index is 13.1. The van der Waals surface area contributed by atoms with Gasteiger partial charge in [-0.1, -0.05) is 13.8 Å². The van der Waals surface area contributed by atoms with Crippen LogP contribution >= 0.6 is 11.3 Å². The molecule has 37 heavy (non-hydrogen) atoms. The molecule has 0 radical (unpaired) electrons. The van der Waals surface area contributed by atoms with Gasteiger partial charge in [-0.3, -0.25) is 19.8 Å². The summed E-state index contributed by atoms with van der Waals surface area (Å²) in [6, 6.07) is 5.50. The molecule has 1 aromatic carbocycles. The minimum Gasteiger partial charge on any atom is -0.331 e. The Morgan fingerprint density at radius 3 is 2.22 bits per heavy atom. The highest BCUT2D eigenvalue weighted by Gasteiger charge is 2.30. The molecule has 4 amide bonds. The summed E-state index contributed by atoms with van der Waals surface area (Å²) in [5, 5.41) is 5.58. The molecule has 0 atom stereocenters. The Morgan fingerprint density at radius 2 is 1.68 bits per heavy atom. The number of hydrogen-bond acceptors (Lipinski definition) is 7. The van der Waals surface area contributed by atoms with Gasteiger partial charge in [-0.2, -0.15) is 4.31 Å². The molecule has 0 fully saturated rings. The molecule has 1 aliphatic rings. The fourth-order valence-corrected chi connectivity index (χ4v) is 6.85. The molecule has 3 rings (SSSR count). The lowest BCUT2D eigenvalue weighted by Crippen LogP contribution is -2.40. The van der Waals surface area contributed by atoms with E-state index >= 15 is 0 Å². The van der Waals surface area contributed by atoms with Crippen molar-refractivity contribution in [3.63, 3.8) is 0 Å². The first-order valence-corrected chi connectivity index (χ1v) is 14.5. The summed E-state index contributed by atoms with van der Waals surface area (Å²) in [7, 11) is -0.562. The van der Waals surface area contributed by atoms with E-state index in [1.807, 2.05) is 0 Å². The molecule has 2 N–H and O–H groups in total. The van der Waals surface area contributed by atoms with E-state index in [4.69, 9.17) is 0 Å². The van der Waals surface area contributed by atoms with Crippen LogP contribution in [0.3, 0.4) is 0 Å². The Kier molecular flexibility index (Phi) is 9.11. The fourth-order valence-electron chi connectivity index (χ4n) is 4.13. The number of sulfonamides is 1. The van der Waals surface area contributed by atoms with Gasteiger partial charge in [0, 0.05) is 56.8 Å². The van der Waals surface area contributed by atoms with Crippen LogP contribution in [0.25, 0.3) is 0 Å². The maximum atomic E-state index is 13.1. The Balaban J connectivity index is 1.91. The fraction of sp³-hybridized carbons (Fsp3) is 0.480. The van der Waals surface area contributed by atoms with Crippen molar-refractivity contribution in [1.82, 2.24) is 19.4 Å². The predicted molar refractivity (Wildman–Crippen MR) is 145 cm³/mol. The van der Waals surface area contributed by atoms with Gasteiger partial charge in [-0.05, 0) is 50.1 Å². The quantitative estimate of drug-likeness (QED) is 0.522. The number of hydrogen-bond donors (Lipinski definition) is 2. The highest BCUT2D eigenvalue weighted by molar-refractivity contribution is 7.89. The Morgan fingerprint density at radius 1 is 1.05 bits per heavy atom. The zero-order valence-electron chi connectivity index (χ0n) is 22.1. The average molecular weight is 550 g/mol. The number of amides is 4. The Bertz CT molecular complexity index is 1270. The molecule has 12 heteroatoms. The third-order valence-corrected chi connectivity index (χ3v) is 9.55. The molecule has 0 aliphatic carbocycles. The van der Waals surface area contributed by atoms with Crippen LogP contribution in [0, 0.1) is 0 Å². The van der Waals surface area contributed by atoms with E-state index in [1.165, 1.54) is 44.8 Å². The number of fused-ring (bicyclic) bond motifs is 1. The minimum absolute atomic E-state index is 0.107. The van der Waals surface area contributed by atoms with Crippen LogP contribution in [0.5, 0.6) is 0 Å². The van der Waals surface area contributed by atoms with Gasteiger partial charge >= 0.3 is 6.03 Å². The lowest BCUT2D eigenvalue weighted by molar-refractivity contribution is 0.0956. The summed E-state index contributed by atoms with van der Waals surface area (Å²) in [5.74, 6) is -1.04. The normalized spacial score (nSPS) is 13.9. The third-order valence-electron chi connectivity index (χ3n) is 6.36. The van der Waals surface area contributed by atoms with Crippen molar-refractivity contribution in [3.8, 4) is 0 Å².